The Hall–Kier alpha value is -2.69. The molecule has 0 spiro atoms. The second kappa shape index (κ2) is 8.82. The van der Waals surface area contributed by atoms with Gasteiger partial charge in [-0.05, 0) is 55.7 Å². The van der Waals surface area contributed by atoms with Crippen molar-refractivity contribution in [1.29, 1.82) is 0 Å². The Kier molecular flexibility index (Phi) is 6.49. The van der Waals surface area contributed by atoms with Crippen LogP contribution in [0.1, 0.15) is 30.9 Å². The van der Waals surface area contributed by atoms with Gasteiger partial charge in [-0.1, -0.05) is 31.5 Å². The van der Waals surface area contributed by atoms with Gasteiger partial charge in [0.25, 0.3) is 0 Å². The zero-order valence-electron chi connectivity index (χ0n) is 14.5. The Morgan fingerprint density at radius 3 is 2.54 bits per heavy atom. The third kappa shape index (κ3) is 5.19. The third-order valence-electron chi connectivity index (χ3n) is 3.66. The van der Waals surface area contributed by atoms with Crippen molar-refractivity contribution in [2.24, 2.45) is 10.2 Å². The van der Waals surface area contributed by atoms with Crippen molar-refractivity contribution in [1.82, 2.24) is 5.32 Å². The third-order valence-corrected chi connectivity index (χ3v) is 3.66. The van der Waals surface area contributed by atoms with Gasteiger partial charge in [0.15, 0.2) is 0 Å². The summed E-state index contributed by atoms with van der Waals surface area (Å²) in [5, 5.41) is 14.3. The molecule has 2 aromatic carbocycles. The van der Waals surface area contributed by atoms with Crippen molar-refractivity contribution in [3.63, 3.8) is 0 Å². The van der Waals surface area contributed by atoms with Crippen LogP contribution >= 0.6 is 0 Å². The number of aryl methyl sites for hydroxylation is 2. The van der Waals surface area contributed by atoms with Crippen LogP contribution in [0, 0.1) is 13.8 Å². The van der Waals surface area contributed by atoms with E-state index in [-0.39, 0.29) is 6.03 Å². The first kappa shape index (κ1) is 17.7. The van der Waals surface area contributed by atoms with Gasteiger partial charge in [0.1, 0.15) is 0 Å². The van der Waals surface area contributed by atoms with Gasteiger partial charge in [-0.2, -0.15) is 10.2 Å². The van der Waals surface area contributed by atoms with Gasteiger partial charge >= 0.3 is 6.03 Å². The molecule has 0 aliphatic rings. The number of amides is 2. The maximum atomic E-state index is 11.8. The highest BCUT2D eigenvalue weighted by Crippen LogP contribution is 2.25. The van der Waals surface area contributed by atoms with Crippen LogP contribution in [-0.2, 0) is 0 Å². The van der Waals surface area contributed by atoms with Gasteiger partial charge in [0.2, 0.25) is 0 Å². The number of nitrogens with one attached hydrogen (secondary N) is 2. The van der Waals surface area contributed by atoms with E-state index >= 15 is 0 Å². The standard InChI is InChI=1S/C19H24N4O/c1-4-5-12-20-19(24)21-17-11-10-16(13-15(17)3)22-23-18-9-7-6-8-14(18)2/h6-11,13H,4-5,12H2,1-3H3,(H2,20,21,24). The maximum Gasteiger partial charge on any atom is 0.319 e. The molecule has 0 heterocycles. The van der Waals surface area contributed by atoms with Crippen LogP contribution in [0.25, 0.3) is 0 Å². The molecule has 0 saturated carbocycles. The lowest BCUT2D eigenvalue weighted by molar-refractivity contribution is 0.252. The van der Waals surface area contributed by atoms with Crippen LogP contribution < -0.4 is 10.6 Å². The second-order valence-corrected chi connectivity index (χ2v) is 5.72. The Balaban J connectivity index is 2.01. The van der Waals surface area contributed by atoms with E-state index in [1.54, 1.807) is 0 Å². The van der Waals surface area contributed by atoms with Crippen molar-refractivity contribution >= 4 is 23.1 Å². The summed E-state index contributed by atoms with van der Waals surface area (Å²) in [5.41, 5.74) is 4.42. The van der Waals surface area contributed by atoms with E-state index < -0.39 is 0 Å². The van der Waals surface area contributed by atoms with E-state index in [0.29, 0.717) is 6.54 Å². The second-order valence-electron chi connectivity index (χ2n) is 5.72. The Labute approximate surface area is 143 Å². The van der Waals surface area contributed by atoms with E-state index in [4.69, 9.17) is 0 Å². The maximum absolute atomic E-state index is 11.8. The van der Waals surface area contributed by atoms with Crippen molar-refractivity contribution < 1.29 is 4.79 Å². The molecule has 2 aromatic rings. The van der Waals surface area contributed by atoms with Gasteiger partial charge in [0.05, 0.1) is 11.4 Å². The van der Waals surface area contributed by atoms with Crippen LogP contribution in [-0.4, -0.2) is 12.6 Å². The van der Waals surface area contributed by atoms with Gasteiger partial charge in [0, 0.05) is 12.2 Å². The van der Waals surface area contributed by atoms with Gasteiger partial charge in [-0.15, -0.1) is 0 Å². The molecule has 2 rings (SSSR count). The summed E-state index contributed by atoms with van der Waals surface area (Å²) < 4.78 is 0. The number of benzene rings is 2. The Morgan fingerprint density at radius 1 is 1.04 bits per heavy atom. The average Bonchev–Trinajstić information content (AvgIpc) is 2.57. The quantitative estimate of drug-likeness (QED) is 0.524. The highest BCUT2D eigenvalue weighted by atomic mass is 16.2. The summed E-state index contributed by atoms with van der Waals surface area (Å²) in [4.78, 5) is 11.8. The molecule has 0 bridgehead atoms. The van der Waals surface area contributed by atoms with Crippen molar-refractivity contribution in [2.45, 2.75) is 33.6 Å². The Bertz CT molecular complexity index is 725. The highest BCUT2D eigenvalue weighted by Gasteiger charge is 2.04. The molecule has 0 atom stereocenters. The molecular formula is C19H24N4O. The zero-order chi connectivity index (χ0) is 17.4. The fourth-order valence-electron chi connectivity index (χ4n) is 2.18. The minimum Gasteiger partial charge on any atom is -0.338 e. The molecule has 0 aromatic heterocycles. The first-order chi connectivity index (χ1) is 11.6. The fourth-order valence-corrected chi connectivity index (χ4v) is 2.18. The molecule has 2 N–H and O–H groups in total. The van der Waals surface area contributed by atoms with Crippen molar-refractivity contribution in [3.05, 3.63) is 53.6 Å². The molecule has 0 fully saturated rings. The van der Waals surface area contributed by atoms with Gasteiger partial charge in [-0.25, -0.2) is 4.79 Å². The average molecular weight is 324 g/mol. The van der Waals surface area contributed by atoms with E-state index in [0.717, 1.165) is 41.0 Å². The number of hydrogen-bond acceptors (Lipinski definition) is 3. The van der Waals surface area contributed by atoms with Gasteiger partial charge < -0.3 is 10.6 Å². The molecule has 5 nitrogen and oxygen atoms in total. The van der Waals surface area contributed by atoms with Crippen LogP contribution in [0.2, 0.25) is 0 Å². The summed E-state index contributed by atoms with van der Waals surface area (Å²) >= 11 is 0. The SMILES string of the molecule is CCCCNC(=O)Nc1ccc(N=Nc2ccccc2C)cc1C. The molecule has 0 aliphatic heterocycles. The number of hydrogen-bond donors (Lipinski definition) is 2. The summed E-state index contributed by atoms with van der Waals surface area (Å²) in [5.74, 6) is 0. The lowest BCUT2D eigenvalue weighted by atomic mass is 10.2. The predicted octanol–water partition coefficient (Wildman–Crippen LogP) is 5.64. The van der Waals surface area contributed by atoms with Crippen LogP contribution in [0.15, 0.2) is 52.7 Å². The van der Waals surface area contributed by atoms with E-state index in [9.17, 15) is 4.79 Å². The molecular weight excluding hydrogens is 300 g/mol. The number of nitrogens with zero attached hydrogens (tertiary/aromatic N) is 2. The minimum absolute atomic E-state index is 0.180. The predicted molar refractivity (Wildman–Crippen MR) is 98.5 cm³/mol. The summed E-state index contributed by atoms with van der Waals surface area (Å²) in [6.45, 7) is 6.72. The summed E-state index contributed by atoms with van der Waals surface area (Å²) in [6.07, 6.45) is 2.03. The van der Waals surface area contributed by atoms with Crippen molar-refractivity contribution in [2.75, 3.05) is 11.9 Å². The number of anilines is 1. The molecule has 0 aliphatic carbocycles. The number of urea groups is 1. The van der Waals surface area contributed by atoms with Crippen LogP contribution in [0.5, 0.6) is 0 Å². The number of carbonyl (C=O) groups excluding carboxylic acids is 1. The smallest absolute Gasteiger partial charge is 0.319 e. The number of carbonyl (C=O) groups is 1. The van der Waals surface area contributed by atoms with E-state index in [1.165, 1.54) is 0 Å². The first-order valence-electron chi connectivity index (χ1n) is 8.23. The monoisotopic (exact) mass is 324 g/mol. The van der Waals surface area contributed by atoms with Gasteiger partial charge in [-0.3, -0.25) is 0 Å². The number of azo groups is 1. The van der Waals surface area contributed by atoms with E-state index in [1.807, 2.05) is 56.3 Å². The zero-order valence-corrected chi connectivity index (χ0v) is 14.5. The minimum atomic E-state index is -0.180. The van der Waals surface area contributed by atoms with E-state index in [2.05, 4.69) is 27.8 Å². The first-order valence-corrected chi connectivity index (χ1v) is 8.23. The molecule has 0 saturated heterocycles. The Morgan fingerprint density at radius 2 is 1.83 bits per heavy atom. The largest absolute Gasteiger partial charge is 0.338 e. The number of unbranched alkanes of at least 4 members (excludes halogenated alkanes) is 1. The molecule has 24 heavy (non-hydrogen) atoms. The number of rotatable bonds is 6. The topological polar surface area (TPSA) is 65.8 Å². The fraction of sp³-hybridized carbons (Fsp3) is 0.316. The highest BCUT2D eigenvalue weighted by molar-refractivity contribution is 5.90. The van der Waals surface area contributed by atoms with Crippen LogP contribution in [0.4, 0.5) is 21.9 Å². The lowest BCUT2D eigenvalue weighted by Crippen LogP contribution is -2.29. The summed E-state index contributed by atoms with van der Waals surface area (Å²) in [6, 6.07) is 13.3. The molecule has 2 amide bonds. The van der Waals surface area contributed by atoms with Crippen LogP contribution in [0.3, 0.4) is 0 Å². The molecule has 5 heteroatoms. The van der Waals surface area contributed by atoms with Crippen molar-refractivity contribution in [3.8, 4) is 0 Å². The molecule has 0 radical (unpaired) electrons. The normalized spacial score (nSPS) is 10.8. The molecule has 126 valence electrons. The summed E-state index contributed by atoms with van der Waals surface area (Å²) in [7, 11) is 0. The molecule has 0 unspecified atom stereocenters. The lowest BCUT2D eigenvalue weighted by Gasteiger charge is -2.10.